The van der Waals surface area contributed by atoms with Gasteiger partial charge < -0.3 is 14.8 Å². The molecule has 0 saturated heterocycles. The fourth-order valence-corrected chi connectivity index (χ4v) is 2.13. The van der Waals surface area contributed by atoms with Crippen molar-refractivity contribution in [2.45, 2.75) is 13.5 Å². The van der Waals surface area contributed by atoms with Gasteiger partial charge in [-0.05, 0) is 36.4 Å². The largest absolute Gasteiger partial charge is 0.490 e. The van der Waals surface area contributed by atoms with Gasteiger partial charge in [-0.1, -0.05) is 42.8 Å². The monoisotopic (exact) mass is 305 g/mol. The van der Waals surface area contributed by atoms with Crippen molar-refractivity contribution in [3.8, 4) is 11.5 Å². The quantitative estimate of drug-likeness (QED) is 0.750. The minimum Gasteiger partial charge on any atom is -0.490 e. The lowest BCUT2D eigenvalue weighted by atomic mass is 10.2. The average molecular weight is 306 g/mol. The molecule has 0 atom stereocenters. The fraction of sp³-hybridized carbons (Fsp3) is 0.294. The lowest BCUT2D eigenvalue weighted by Crippen LogP contribution is -2.12. The first-order valence-corrected chi connectivity index (χ1v) is 7.47. The Kier molecular flexibility index (Phi) is 6.38. The number of nitrogens with one attached hydrogen (secondary N) is 1. The molecule has 0 spiro atoms. The molecule has 3 nitrogen and oxygen atoms in total. The summed E-state index contributed by atoms with van der Waals surface area (Å²) in [4.78, 5) is 0. The summed E-state index contributed by atoms with van der Waals surface area (Å²) in [6, 6.07) is 15.5. The van der Waals surface area contributed by atoms with E-state index in [2.05, 4.69) is 12.2 Å². The van der Waals surface area contributed by atoms with Gasteiger partial charge in [-0.25, -0.2) is 0 Å². The van der Waals surface area contributed by atoms with E-state index in [1.54, 1.807) is 0 Å². The highest BCUT2D eigenvalue weighted by Gasteiger charge is 2.03. The maximum absolute atomic E-state index is 6.21. The van der Waals surface area contributed by atoms with Crippen LogP contribution < -0.4 is 14.8 Å². The normalized spacial score (nSPS) is 10.4. The van der Waals surface area contributed by atoms with Crippen molar-refractivity contribution < 1.29 is 9.47 Å². The molecule has 21 heavy (non-hydrogen) atoms. The van der Waals surface area contributed by atoms with Gasteiger partial charge >= 0.3 is 0 Å². The molecule has 112 valence electrons. The Morgan fingerprint density at radius 1 is 1.00 bits per heavy atom. The van der Waals surface area contributed by atoms with Crippen molar-refractivity contribution >= 4 is 11.6 Å². The van der Waals surface area contributed by atoms with Crippen LogP contribution >= 0.6 is 11.6 Å². The zero-order chi connectivity index (χ0) is 14.9. The highest BCUT2D eigenvalue weighted by atomic mass is 35.5. The zero-order valence-electron chi connectivity index (χ0n) is 12.1. The summed E-state index contributed by atoms with van der Waals surface area (Å²) in [6.07, 6.45) is 0. The van der Waals surface area contributed by atoms with Gasteiger partial charge in [0.25, 0.3) is 0 Å². The predicted molar refractivity (Wildman–Crippen MR) is 86.3 cm³/mol. The summed E-state index contributed by atoms with van der Waals surface area (Å²) in [6.45, 7) is 4.77. The molecule has 0 bridgehead atoms. The molecule has 1 N–H and O–H groups in total. The van der Waals surface area contributed by atoms with Crippen molar-refractivity contribution in [1.29, 1.82) is 0 Å². The van der Waals surface area contributed by atoms with Crippen LogP contribution in [0, 0.1) is 0 Å². The van der Waals surface area contributed by atoms with Crippen molar-refractivity contribution in [3.63, 3.8) is 0 Å². The van der Waals surface area contributed by atoms with Crippen LogP contribution in [0.4, 0.5) is 0 Å². The van der Waals surface area contributed by atoms with E-state index in [-0.39, 0.29) is 0 Å². The van der Waals surface area contributed by atoms with Gasteiger partial charge in [0, 0.05) is 6.54 Å². The van der Waals surface area contributed by atoms with Crippen LogP contribution in [0.25, 0.3) is 0 Å². The van der Waals surface area contributed by atoms with Crippen LogP contribution in [0.2, 0.25) is 5.02 Å². The Hall–Kier alpha value is -1.71. The van der Waals surface area contributed by atoms with Crippen molar-refractivity contribution in [2.24, 2.45) is 0 Å². The molecule has 0 aliphatic rings. The van der Waals surface area contributed by atoms with E-state index in [1.807, 2.05) is 48.5 Å². The molecule has 0 aromatic heterocycles. The van der Waals surface area contributed by atoms with Crippen molar-refractivity contribution in [3.05, 3.63) is 59.1 Å². The molecule has 0 fully saturated rings. The number of rotatable bonds is 8. The van der Waals surface area contributed by atoms with Gasteiger partial charge in [0.2, 0.25) is 0 Å². The van der Waals surface area contributed by atoms with E-state index in [0.717, 1.165) is 24.4 Å². The molecule has 0 amide bonds. The van der Waals surface area contributed by atoms with Gasteiger partial charge in [-0.15, -0.1) is 0 Å². The van der Waals surface area contributed by atoms with Crippen LogP contribution in [-0.2, 0) is 6.54 Å². The molecule has 0 heterocycles. The Labute approximate surface area is 130 Å². The van der Waals surface area contributed by atoms with Crippen LogP contribution in [0.3, 0.4) is 0 Å². The van der Waals surface area contributed by atoms with Crippen LogP contribution in [0.15, 0.2) is 48.5 Å². The number of para-hydroxylation sites is 1. The first kappa shape index (κ1) is 15.7. The molecule has 0 aliphatic carbocycles. The number of hydrogen-bond acceptors (Lipinski definition) is 3. The molecule has 2 rings (SSSR count). The highest BCUT2D eigenvalue weighted by Crippen LogP contribution is 2.25. The van der Waals surface area contributed by atoms with Gasteiger partial charge in [0.05, 0.1) is 5.02 Å². The average Bonchev–Trinajstić information content (AvgIpc) is 2.52. The molecule has 2 aromatic rings. The second kappa shape index (κ2) is 8.55. The molecule has 0 saturated carbocycles. The molecule has 4 heteroatoms. The summed E-state index contributed by atoms with van der Waals surface area (Å²) in [5, 5.41) is 3.89. The van der Waals surface area contributed by atoms with E-state index in [0.29, 0.717) is 24.0 Å². The minimum absolute atomic E-state index is 0.459. The summed E-state index contributed by atoms with van der Waals surface area (Å²) in [5.74, 6) is 1.53. The van der Waals surface area contributed by atoms with Crippen LogP contribution in [-0.4, -0.2) is 19.8 Å². The second-order valence-corrected chi connectivity index (χ2v) is 4.96. The van der Waals surface area contributed by atoms with Gasteiger partial charge in [0.15, 0.2) is 0 Å². The third kappa shape index (κ3) is 5.29. The SMILES string of the molecule is CCNCc1ccc(OCCOc2ccccc2)c(Cl)c1. The fourth-order valence-electron chi connectivity index (χ4n) is 1.87. The minimum atomic E-state index is 0.459. The Morgan fingerprint density at radius 2 is 1.76 bits per heavy atom. The number of benzene rings is 2. The Bertz CT molecular complexity index is 546. The standard InChI is InChI=1S/C17H20ClNO2/c1-2-19-13-14-8-9-17(16(18)12-14)21-11-10-20-15-6-4-3-5-7-15/h3-9,12,19H,2,10-11,13H2,1H3. The van der Waals surface area contributed by atoms with E-state index < -0.39 is 0 Å². The van der Waals surface area contributed by atoms with Gasteiger partial charge in [-0.3, -0.25) is 0 Å². The summed E-state index contributed by atoms with van der Waals surface area (Å²) < 4.78 is 11.2. The van der Waals surface area contributed by atoms with Crippen LogP contribution in [0.1, 0.15) is 12.5 Å². The summed E-state index contributed by atoms with van der Waals surface area (Å²) >= 11 is 6.21. The topological polar surface area (TPSA) is 30.5 Å². The smallest absolute Gasteiger partial charge is 0.138 e. The first-order chi connectivity index (χ1) is 10.3. The van der Waals surface area contributed by atoms with E-state index in [4.69, 9.17) is 21.1 Å². The number of hydrogen-bond donors (Lipinski definition) is 1. The van der Waals surface area contributed by atoms with E-state index in [1.165, 1.54) is 0 Å². The van der Waals surface area contributed by atoms with Crippen molar-refractivity contribution in [2.75, 3.05) is 19.8 Å². The molecule has 0 unspecified atom stereocenters. The zero-order valence-corrected chi connectivity index (χ0v) is 12.9. The molecular formula is C17H20ClNO2. The van der Waals surface area contributed by atoms with Gasteiger partial charge in [0.1, 0.15) is 24.7 Å². The Balaban J connectivity index is 1.78. The first-order valence-electron chi connectivity index (χ1n) is 7.09. The van der Waals surface area contributed by atoms with Crippen molar-refractivity contribution in [1.82, 2.24) is 5.32 Å². The lowest BCUT2D eigenvalue weighted by molar-refractivity contribution is 0.217. The highest BCUT2D eigenvalue weighted by molar-refractivity contribution is 6.32. The predicted octanol–water partition coefficient (Wildman–Crippen LogP) is 3.91. The Morgan fingerprint density at radius 3 is 2.48 bits per heavy atom. The molecule has 0 radical (unpaired) electrons. The van der Waals surface area contributed by atoms with Crippen LogP contribution in [0.5, 0.6) is 11.5 Å². The lowest BCUT2D eigenvalue weighted by Gasteiger charge is -2.11. The van der Waals surface area contributed by atoms with E-state index in [9.17, 15) is 0 Å². The molecule has 2 aromatic carbocycles. The third-order valence-electron chi connectivity index (χ3n) is 2.93. The second-order valence-electron chi connectivity index (χ2n) is 4.56. The molecule has 0 aliphatic heterocycles. The maximum Gasteiger partial charge on any atom is 0.138 e. The maximum atomic E-state index is 6.21. The molecular weight excluding hydrogens is 286 g/mol. The number of ether oxygens (including phenoxy) is 2. The van der Waals surface area contributed by atoms with Gasteiger partial charge in [-0.2, -0.15) is 0 Å². The summed E-state index contributed by atoms with van der Waals surface area (Å²) in [5.41, 5.74) is 1.15. The van der Waals surface area contributed by atoms with E-state index >= 15 is 0 Å². The summed E-state index contributed by atoms with van der Waals surface area (Å²) in [7, 11) is 0. The third-order valence-corrected chi connectivity index (χ3v) is 3.22. The number of halogens is 1.